The SMILES string of the molecule is CCCCCNC(=O)COC(=O)c1oc2ccccc2c1C. The molecule has 1 amide bonds. The number of rotatable bonds is 7. The average Bonchev–Trinajstić information content (AvgIpc) is 2.87. The Morgan fingerprint density at radius 1 is 1.23 bits per heavy atom. The lowest BCUT2D eigenvalue weighted by atomic mass is 10.1. The zero-order valence-corrected chi connectivity index (χ0v) is 13.0. The van der Waals surface area contributed by atoms with Crippen molar-refractivity contribution in [3.8, 4) is 0 Å². The standard InChI is InChI=1S/C17H21NO4/c1-3-4-7-10-18-15(19)11-21-17(20)16-12(2)13-8-5-6-9-14(13)22-16/h5-6,8-9H,3-4,7,10-11H2,1-2H3,(H,18,19). The van der Waals surface area contributed by atoms with E-state index in [1.165, 1.54) is 0 Å². The van der Waals surface area contributed by atoms with Gasteiger partial charge in [-0.15, -0.1) is 0 Å². The minimum atomic E-state index is -0.614. The van der Waals surface area contributed by atoms with Crippen molar-refractivity contribution in [2.75, 3.05) is 13.2 Å². The lowest BCUT2D eigenvalue weighted by Crippen LogP contribution is -2.29. The summed E-state index contributed by atoms with van der Waals surface area (Å²) in [4.78, 5) is 23.6. The van der Waals surface area contributed by atoms with Crippen LogP contribution in [0.15, 0.2) is 28.7 Å². The number of aryl methyl sites for hydroxylation is 1. The van der Waals surface area contributed by atoms with Crippen LogP contribution in [0.1, 0.15) is 42.3 Å². The first-order chi connectivity index (χ1) is 10.6. The Balaban J connectivity index is 1.89. The van der Waals surface area contributed by atoms with Crippen LogP contribution in [0.5, 0.6) is 0 Å². The second-order valence-electron chi connectivity index (χ2n) is 5.19. The van der Waals surface area contributed by atoms with Crippen LogP contribution < -0.4 is 5.32 Å². The third-order valence-corrected chi connectivity index (χ3v) is 3.47. The molecule has 1 aromatic heterocycles. The van der Waals surface area contributed by atoms with Crippen molar-refractivity contribution in [3.05, 3.63) is 35.6 Å². The van der Waals surface area contributed by atoms with Crippen LogP contribution in [0.2, 0.25) is 0 Å². The summed E-state index contributed by atoms with van der Waals surface area (Å²) in [6.07, 6.45) is 3.09. The molecule has 5 nitrogen and oxygen atoms in total. The summed E-state index contributed by atoms with van der Waals surface area (Å²) in [5, 5.41) is 3.59. The van der Waals surface area contributed by atoms with Crippen molar-refractivity contribution in [3.63, 3.8) is 0 Å². The molecule has 0 spiro atoms. The van der Waals surface area contributed by atoms with E-state index in [1.807, 2.05) is 18.2 Å². The molecule has 5 heteroatoms. The van der Waals surface area contributed by atoms with Gasteiger partial charge in [-0.25, -0.2) is 4.79 Å². The summed E-state index contributed by atoms with van der Waals surface area (Å²) < 4.78 is 10.5. The van der Waals surface area contributed by atoms with Gasteiger partial charge in [0.1, 0.15) is 5.58 Å². The third kappa shape index (κ3) is 3.87. The highest BCUT2D eigenvalue weighted by Gasteiger charge is 2.19. The second-order valence-corrected chi connectivity index (χ2v) is 5.19. The first kappa shape index (κ1) is 16.1. The Labute approximate surface area is 129 Å². The van der Waals surface area contributed by atoms with E-state index in [1.54, 1.807) is 13.0 Å². The number of unbranched alkanes of at least 4 members (excludes halogenated alkanes) is 2. The molecule has 1 heterocycles. The Kier molecular flexibility index (Phi) is 5.58. The topological polar surface area (TPSA) is 68.5 Å². The number of para-hydroxylation sites is 1. The molecular weight excluding hydrogens is 282 g/mol. The van der Waals surface area contributed by atoms with Gasteiger partial charge in [-0.2, -0.15) is 0 Å². The zero-order valence-electron chi connectivity index (χ0n) is 13.0. The molecule has 0 aliphatic carbocycles. The summed E-state index contributed by atoms with van der Waals surface area (Å²) in [6, 6.07) is 7.39. The van der Waals surface area contributed by atoms with Gasteiger partial charge in [0.05, 0.1) is 0 Å². The molecule has 0 fully saturated rings. The molecule has 2 rings (SSSR count). The van der Waals surface area contributed by atoms with E-state index >= 15 is 0 Å². The van der Waals surface area contributed by atoms with Crippen molar-refractivity contribution >= 4 is 22.8 Å². The maximum atomic E-state index is 12.0. The van der Waals surface area contributed by atoms with Crippen molar-refractivity contribution in [1.29, 1.82) is 0 Å². The quantitative estimate of drug-likeness (QED) is 0.630. The van der Waals surface area contributed by atoms with Gasteiger partial charge < -0.3 is 14.5 Å². The molecule has 0 radical (unpaired) electrons. The number of benzene rings is 1. The van der Waals surface area contributed by atoms with Gasteiger partial charge in [-0.1, -0.05) is 38.0 Å². The molecular formula is C17H21NO4. The van der Waals surface area contributed by atoms with Crippen molar-refractivity contribution in [2.24, 2.45) is 0 Å². The van der Waals surface area contributed by atoms with Crippen molar-refractivity contribution in [2.45, 2.75) is 33.1 Å². The number of carbonyl (C=O) groups is 2. The Hall–Kier alpha value is -2.30. The number of hydrogen-bond donors (Lipinski definition) is 1. The number of fused-ring (bicyclic) bond motifs is 1. The van der Waals surface area contributed by atoms with E-state index in [0.29, 0.717) is 12.1 Å². The van der Waals surface area contributed by atoms with Crippen LogP contribution in [-0.4, -0.2) is 25.0 Å². The largest absolute Gasteiger partial charge is 0.450 e. The van der Waals surface area contributed by atoms with E-state index in [2.05, 4.69) is 12.2 Å². The summed E-state index contributed by atoms with van der Waals surface area (Å²) in [5.74, 6) is -0.754. The summed E-state index contributed by atoms with van der Waals surface area (Å²) in [6.45, 7) is 4.21. The lowest BCUT2D eigenvalue weighted by Gasteiger charge is -2.05. The van der Waals surface area contributed by atoms with Crippen LogP contribution in [0.3, 0.4) is 0 Å². The Bertz CT molecular complexity index is 660. The molecule has 22 heavy (non-hydrogen) atoms. The molecule has 0 aliphatic rings. The van der Waals surface area contributed by atoms with E-state index in [-0.39, 0.29) is 18.3 Å². The number of nitrogens with one attached hydrogen (secondary N) is 1. The number of esters is 1. The maximum absolute atomic E-state index is 12.0. The molecule has 0 saturated carbocycles. The number of furan rings is 1. The normalized spacial score (nSPS) is 10.6. The predicted molar refractivity (Wildman–Crippen MR) is 83.8 cm³/mol. The first-order valence-corrected chi connectivity index (χ1v) is 7.55. The molecule has 2 aromatic rings. The van der Waals surface area contributed by atoms with Crippen molar-refractivity contribution in [1.82, 2.24) is 5.32 Å². The second kappa shape index (κ2) is 7.64. The zero-order chi connectivity index (χ0) is 15.9. The number of ether oxygens (including phenoxy) is 1. The smallest absolute Gasteiger partial charge is 0.375 e. The maximum Gasteiger partial charge on any atom is 0.375 e. The molecule has 118 valence electrons. The van der Waals surface area contributed by atoms with Gasteiger partial charge in [0.25, 0.3) is 5.91 Å². The summed E-state index contributed by atoms with van der Waals surface area (Å²) in [7, 11) is 0. The number of hydrogen-bond acceptors (Lipinski definition) is 4. The van der Waals surface area contributed by atoms with Gasteiger partial charge >= 0.3 is 5.97 Å². The fraction of sp³-hybridized carbons (Fsp3) is 0.412. The van der Waals surface area contributed by atoms with Crippen LogP contribution in [-0.2, 0) is 9.53 Å². The highest BCUT2D eigenvalue weighted by molar-refractivity contribution is 5.96. The van der Waals surface area contributed by atoms with E-state index in [9.17, 15) is 9.59 Å². The molecule has 0 unspecified atom stereocenters. The van der Waals surface area contributed by atoms with E-state index < -0.39 is 5.97 Å². The average molecular weight is 303 g/mol. The minimum absolute atomic E-state index is 0.153. The monoisotopic (exact) mass is 303 g/mol. The van der Waals surface area contributed by atoms with Crippen molar-refractivity contribution < 1.29 is 18.7 Å². The first-order valence-electron chi connectivity index (χ1n) is 7.55. The fourth-order valence-electron chi connectivity index (χ4n) is 2.22. The van der Waals surface area contributed by atoms with Crippen LogP contribution in [0.4, 0.5) is 0 Å². The molecule has 1 N–H and O–H groups in total. The Morgan fingerprint density at radius 2 is 2.00 bits per heavy atom. The van der Waals surface area contributed by atoms with Crippen LogP contribution in [0, 0.1) is 6.92 Å². The molecule has 0 aliphatic heterocycles. The lowest BCUT2D eigenvalue weighted by molar-refractivity contribution is -0.124. The van der Waals surface area contributed by atoms with Gasteiger partial charge in [-0.3, -0.25) is 4.79 Å². The van der Waals surface area contributed by atoms with E-state index in [0.717, 1.165) is 30.2 Å². The van der Waals surface area contributed by atoms with Crippen LogP contribution >= 0.6 is 0 Å². The predicted octanol–water partition coefficient (Wildman–Crippen LogP) is 3.20. The van der Waals surface area contributed by atoms with E-state index in [4.69, 9.17) is 9.15 Å². The third-order valence-electron chi connectivity index (χ3n) is 3.47. The Morgan fingerprint density at radius 3 is 2.73 bits per heavy atom. The fourth-order valence-corrected chi connectivity index (χ4v) is 2.22. The molecule has 0 bridgehead atoms. The number of carbonyl (C=O) groups excluding carboxylic acids is 2. The summed E-state index contributed by atoms with van der Waals surface area (Å²) in [5.41, 5.74) is 1.36. The van der Waals surface area contributed by atoms with Gasteiger partial charge in [0, 0.05) is 17.5 Å². The van der Waals surface area contributed by atoms with Gasteiger partial charge in [-0.05, 0) is 19.4 Å². The molecule has 0 saturated heterocycles. The minimum Gasteiger partial charge on any atom is -0.450 e. The molecule has 1 aromatic carbocycles. The number of amides is 1. The highest BCUT2D eigenvalue weighted by atomic mass is 16.5. The summed E-state index contributed by atoms with van der Waals surface area (Å²) >= 11 is 0. The van der Waals surface area contributed by atoms with Gasteiger partial charge in [0.2, 0.25) is 5.76 Å². The van der Waals surface area contributed by atoms with Gasteiger partial charge in [0.15, 0.2) is 6.61 Å². The van der Waals surface area contributed by atoms with Crippen LogP contribution in [0.25, 0.3) is 11.0 Å². The molecule has 0 atom stereocenters. The highest BCUT2D eigenvalue weighted by Crippen LogP contribution is 2.25.